The highest BCUT2D eigenvalue weighted by molar-refractivity contribution is 6.01. The van der Waals surface area contributed by atoms with Gasteiger partial charge in [-0.15, -0.1) is 0 Å². The molecule has 0 fully saturated rings. The Labute approximate surface area is 147 Å². The Balaban J connectivity index is 1.73. The molecule has 0 bridgehead atoms. The van der Waals surface area contributed by atoms with Crippen LogP contribution < -0.4 is 4.90 Å². The van der Waals surface area contributed by atoms with Gasteiger partial charge in [0.2, 0.25) is 0 Å². The normalized spacial score (nSPS) is 16.9. The van der Waals surface area contributed by atoms with Crippen molar-refractivity contribution in [2.45, 2.75) is 13.1 Å². The van der Waals surface area contributed by atoms with Crippen molar-refractivity contribution in [3.8, 4) is 5.69 Å². The topological polar surface area (TPSA) is 28.5 Å². The van der Waals surface area contributed by atoms with Crippen molar-refractivity contribution in [2.24, 2.45) is 0 Å². The van der Waals surface area contributed by atoms with Gasteiger partial charge in [-0.25, -0.2) is 0 Å². The van der Waals surface area contributed by atoms with Gasteiger partial charge in [-0.3, -0.25) is 4.79 Å². The molecule has 1 amide bonds. The van der Waals surface area contributed by atoms with Crippen LogP contribution in [-0.2, 0) is 0 Å². The molecule has 1 aliphatic rings. The van der Waals surface area contributed by atoms with Crippen LogP contribution in [0.25, 0.3) is 5.69 Å². The van der Waals surface area contributed by atoms with Gasteiger partial charge in [-0.1, -0.05) is 29.8 Å². The molecule has 0 N–H and O–H groups in total. The van der Waals surface area contributed by atoms with E-state index in [2.05, 4.69) is 52.9 Å². The maximum absolute atomic E-state index is 12.8. The van der Waals surface area contributed by atoms with Crippen LogP contribution in [0.3, 0.4) is 0 Å². The van der Waals surface area contributed by atoms with Gasteiger partial charge in [0.1, 0.15) is 6.17 Å². The Hall–Kier alpha value is -3.01. The minimum Gasteiger partial charge on any atom is -0.350 e. The number of aromatic nitrogens is 1. The molecule has 1 atom stereocenters. The summed E-state index contributed by atoms with van der Waals surface area (Å²) in [4.78, 5) is 16.7. The number of nitrogens with zero attached hydrogens (tertiary/aromatic N) is 3. The van der Waals surface area contributed by atoms with Gasteiger partial charge in [0.05, 0.1) is 11.3 Å². The van der Waals surface area contributed by atoms with Crippen molar-refractivity contribution < 1.29 is 4.79 Å². The van der Waals surface area contributed by atoms with Crippen molar-refractivity contribution in [1.29, 1.82) is 0 Å². The molecule has 0 spiro atoms. The van der Waals surface area contributed by atoms with Crippen LogP contribution in [0, 0.1) is 6.92 Å². The van der Waals surface area contributed by atoms with Gasteiger partial charge in [0.25, 0.3) is 5.91 Å². The zero-order chi connectivity index (χ0) is 17.6. The molecule has 0 radical (unpaired) electrons. The van der Waals surface area contributed by atoms with Gasteiger partial charge in [-0.2, -0.15) is 0 Å². The highest BCUT2D eigenvalue weighted by atomic mass is 16.2. The first-order chi connectivity index (χ1) is 12.1. The van der Waals surface area contributed by atoms with Gasteiger partial charge in [-0.05, 0) is 37.3 Å². The van der Waals surface area contributed by atoms with E-state index in [1.807, 2.05) is 44.6 Å². The summed E-state index contributed by atoms with van der Waals surface area (Å²) in [5, 5.41) is 0. The smallest absolute Gasteiger partial charge is 0.257 e. The molecular formula is C21H21N3O. The molecule has 2 aromatic carbocycles. The molecule has 0 saturated heterocycles. The summed E-state index contributed by atoms with van der Waals surface area (Å²) in [6, 6.07) is 18.3. The molecular weight excluding hydrogens is 310 g/mol. The molecule has 3 aromatic rings. The third-order valence-electron chi connectivity index (χ3n) is 4.91. The van der Waals surface area contributed by atoms with E-state index >= 15 is 0 Å². The number of para-hydroxylation sites is 1. The fourth-order valence-corrected chi connectivity index (χ4v) is 3.55. The lowest BCUT2D eigenvalue weighted by Crippen LogP contribution is -2.45. The largest absolute Gasteiger partial charge is 0.350 e. The Bertz CT molecular complexity index is 926. The van der Waals surface area contributed by atoms with Crippen molar-refractivity contribution in [1.82, 2.24) is 9.47 Å². The first-order valence-corrected chi connectivity index (χ1v) is 8.40. The lowest BCUT2D eigenvalue weighted by atomic mass is 10.0. The van der Waals surface area contributed by atoms with Crippen LogP contribution in [-0.4, -0.2) is 29.5 Å². The average molecular weight is 331 g/mol. The number of carbonyl (C=O) groups excluding carboxylic acids is 1. The molecule has 0 saturated carbocycles. The first-order valence-electron chi connectivity index (χ1n) is 8.40. The Morgan fingerprint density at radius 2 is 1.60 bits per heavy atom. The molecule has 126 valence electrons. The zero-order valence-electron chi connectivity index (χ0n) is 14.7. The fourth-order valence-electron chi connectivity index (χ4n) is 3.55. The van der Waals surface area contributed by atoms with Crippen molar-refractivity contribution >= 4 is 11.6 Å². The minimum atomic E-state index is -0.117. The maximum atomic E-state index is 12.8. The molecule has 0 aliphatic carbocycles. The van der Waals surface area contributed by atoms with E-state index < -0.39 is 0 Å². The molecule has 1 unspecified atom stereocenters. The Kier molecular flexibility index (Phi) is 3.61. The van der Waals surface area contributed by atoms with Crippen LogP contribution >= 0.6 is 0 Å². The molecule has 4 nitrogen and oxygen atoms in total. The highest BCUT2D eigenvalue weighted by Crippen LogP contribution is 2.36. The number of hydrogen-bond donors (Lipinski definition) is 0. The van der Waals surface area contributed by atoms with Crippen LogP contribution in [0.2, 0.25) is 0 Å². The molecule has 25 heavy (non-hydrogen) atoms. The predicted molar refractivity (Wildman–Crippen MR) is 100 cm³/mol. The summed E-state index contributed by atoms with van der Waals surface area (Å²) in [6.45, 7) is 2.08. The van der Waals surface area contributed by atoms with Crippen LogP contribution in [0.15, 0.2) is 67.0 Å². The number of carbonyl (C=O) groups is 1. The number of aryl methyl sites for hydroxylation is 1. The monoisotopic (exact) mass is 331 g/mol. The average Bonchev–Trinajstić information content (AvgIpc) is 3.10. The Morgan fingerprint density at radius 3 is 2.36 bits per heavy atom. The van der Waals surface area contributed by atoms with Gasteiger partial charge in [0.15, 0.2) is 0 Å². The molecule has 1 aromatic heterocycles. The van der Waals surface area contributed by atoms with Crippen molar-refractivity contribution in [3.63, 3.8) is 0 Å². The van der Waals surface area contributed by atoms with Crippen molar-refractivity contribution in [2.75, 3.05) is 19.0 Å². The fraction of sp³-hybridized carbons (Fsp3) is 0.190. The lowest BCUT2D eigenvalue weighted by molar-refractivity contribution is 0.0711. The van der Waals surface area contributed by atoms with E-state index in [0.29, 0.717) is 0 Å². The lowest BCUT2D eigenvalue weighted by Gasteiger charge is -2.41. The second-order valence-corrected chi connectivity index (χ2v) is 6.61. The number of fused-ring (bicyclic) bond motifs is 1. The van der Waals surface area contributed by atoms with E-state index in [4.69, 9.17) is 0 Å². The van der Waals surface area contributed by atoms with E-state index in [1.165, 1.54) is 5.56 Å². The van der Waals surface area contributed by atoms with Crippen molar-refractivity contribution in [3.05, 3.63) is 83.7 Å². The van der Waals surface area contributed by atoms with Gasteiger partial charge < -0.3 is 14.4 Å². The molecule has 1 aliphatic heterocycles. The quantitative estimate of drug-likeness (QED) is 0.710. The summed E-state index contributed by atoms with van der Waals surface area (Å²) < 4.78 is 2.10. The van der Waals surface area contributed by atoms with E-state index in [1.54, 1.807) is 4.90 Å². The van der Waals surface area contributed by atoms with E-state index in [9.17, 15) is 4.79 Å². The minimum absolute atomic E-state index is 0.0572. The summed E-state index contributed by atoms with van der Waals surface area (Å²) in [7, 11) is 3.90. The van der Waals surface area contributed by atoms with E-state index in [0.717, 1.165) is 22.5 Å². The second kappa shape index (κ2) is 5.81. The molecule has 4 heteroatoms. The number of benzene rings is 2. The van der Waals surface area contributed by atoms with Crippen LogP contribution in [0.5, 0.6) is 0 Å². The summed E-state index contributed by atoms with van der Waals surface area (Å²) in [6.07, 6.45) is 4.03. The summed E-state index contributed by atoms with van der Waals surface area (Å²) in [5.41, 5.74) is 5.17. The third kappa shape index (κ3) is 2.50. The van der Waals surface area contributed by atoms with Gasteiger partial charge >= 0.3 is 0 Å². The predicted octanol–water partition coefficient (Wildman–Crippen LogP) is 4.01. The standard InChI is InChI=1S/C21H21N3O/c1-15-8-10-17(11-9-15)24-13-12-16(14-24)20-22(2)19-7-5-4-6-18(19)21(25)23(20)3/h4-14,20H,1-3H3. The SMILES string of the molecule is Cc1ccc(-n2ccc(C3N(C)C(=O)c4ccccc4N3C)c2)cc1. The van der Waals surface area contributed by atoms with Crippen LogP contribution in [0.4, 0.5) is 5.69 Å². The first kappa shape index (κ1) is 15.5. The number of amides is 1. The second-order valence-electron chi connectivity index (χ2n) is 6.61. The molecule has 2 heterocycles. The Morgan fingerprint density at radius 1 is 0.880 bits per heavy atom. The number of hydrogen-bond acceptors (Lipinski definition) is 2. The number of rotatable bonds is 2. The summed E-state index contributed by atoms with van der Waals surface area (Å²) >= 11 is 0. The maximum Gasteiger partial charge on any atom is 0.257 e. The van der Waals surface area contributed by atoms with E-state index in [-0.39, 0.29) is 12.1 Å². The van der Waals surface area contributed by atoms with Gasteiger partial charge in [0, 0.05) is 37.7 Å². The van der Waals surface area contributed by atoms with Crippen LogP contribution in [0.1, 0.15) is 27.7 Å². The zero-order valence-corrected chi connectivity index (χ0v) is 14.7. The number of anilines is 1. The summed E-state index contributed by atoms with van der Waals surface area (Å²) in [5.74, 6) is 0.0572. The molecule has 4 rings (SSSR count). The third-order valence-corrected chi connectivity index (χ3v) is 4.91. The highest BCUT2D eigenvalue weighted by Gasteiger charge is 2.34.